The van der Waals surface area contributed by atoms with E-state index in [-0.39, 0.29) is 43.5 Å². The molecule has 2 saturated heterocycles. The third-order valence-electron chi connectivity index (χ3n) is 5.35. The van der Waals surface area contributed by atoms with Crippen molar-refractivity contribution in [2.24, 2.45) is 0 Å². The van der Waals surface area contributed by atoms with Gasteiger partial charge in [0.1, 0.15) is 10.7 Å². The van der Waals surface area contributed by atoms with Crippen LogP contribution in [0.25, 0.3) is 0 Å². The molecule has 0 unspecified atom stereocenters. The summed E-state index contributed by atoms with van der Waals surface area (Å²) in [6.07, 6.45) is 1.13. The minimum atomic E-state index is -4.08. The lowest BCUT2D eigenvalue weighted by atomic mass is 10.1. The Kier molecular flexibility index (Phi) is 6.47. The number of sulfonamides is 1. The zero-order valence-corrected chi connectivity index (χ0v) is 18.6. The number of benzene rings is 2. The molecule has 8 nitrogen and oxygen atoms in total. The fourth-order valence-electron chi connectivity index (χ4n) is 3.67. The molecule has 32 heavy (non-hydrogen) atoms. The van der Waals surface area contributed by atoms with Crippen molar-refractivity contribution in [2.75, 3.05) is 43.1 Å². The molecule has 0 aromatic heterocycles. The van der Waals surface area contributed by atoms with E-state index in [0.29, 0.717) is 30.1 Å². The number of amides is 2. The van der Waals surface area contributed by atoms with Gasteiger partial charge in [-0.2, -0.15) is 4.31 Å². The summed E-state index contributed by atoms with van der Waals surface area (Å²) in [6, 6.07) is 7.91. The van der Waals surface area contributed by atoms with Gasteiger partial charge in [-0.15, -0.1) is 0 Å². The number of nitrogens with zero attached hydrogens (tertiary/aromatic N) is 2. The van der Waals surface area contributed by atoms with Gasteiger partial charge in [0.25, 0.3) is 5.91 Å². The second-order valence-electron chi connectivity index (χ2n) is 7.43. The standard InChI is InChI=1S/C21H21ClFN3O5S/c22-16-5-3-14(12-18(16)26-7-1-2-20(26)27)21(28)24-15-4-6-17(23)19(13-15)32(29,30)25-8-10-31-11-9-25/h3-6,12-13H,1-2,7-11H2,(H,24,28). The van der Waals surface area contributed by atoms with Gasteiger partial charge in [0.15, 0.2) is 0 Å². The van der Waals surface area contributed by atoms with E-state index in [1.54, 1.807) is 0 Å². The zero-order chi connectivity index (χ0) is 22.9. The first-order valence-electron chi connectivity index (χ1n) is 10.1. The smallest absolute Gasteiger partial charge is 0.255 e. The Morgan fingerprint density at radius 3 is 2.53 bits per heavy atom. The van der Waals surface area contributed by atoms with Gasteiger partial charge in [-0.3, -0.25) is 9.59 Å². The number of ether oxygens (including phenoxy) is 1. The Labute approximate surface area is 189 Å². The Bertz CT molecular complexity index is 1170. The molecule has 2 heterocycles. The monoisotopic (exact) mass is 481 g/mol. The molecule has 4 rings (SSSR count). The molecule has 2 aromatic carbocycles. The molecule has 0 radical (unpaired) electrons. The second-order valence-corrected chi connectivity index (χ2v) is 9.74. The van der Waals surface area contributed by atoms with Gasteiger partial charge in [0.2, 0.25) is 15.9 Å². The van der Waals surface area contributed by atoms with E-state index < -0.39 is 26.6 Å². The Balaban J connectivity index is 1.58. The molecule has 2 amide bonds. The minimum absolute atomic E-state index is 0.0686. The molecule has 0 saturated carbocycles. The third kappa shape index (κ3) is 4.49. The summed E-state index contributed by atoms with van der Waals surface area (Å²) >= 11 is 6.22. The van der Waals surface area contributed by atoms with Gasteiger partial charge in [0.05, 0.1) is 23.9 Å². The van der Waals surface area contributed by atoms with E-state index in [1.165, 1.54) is 29.2 Å². The van der Waals surface area contributed by atoms with Gasteiger partial charge < -0.3 is 15.0 Å². The first kappa shape index (κ1) is 22.7. The number of hydrogen-bond acceptors (Lipinski definition) is 5. The van der Waals surface area contributed by atoms with Crippen LogP contribution in [-0.4, -0.2) is 57.4 Å². The predicted octanol–water partition coefficient (Wildman–Crippen LogP) is 2.88. The van der Waals surface area contributed by atoms with Crippen molar-refractivity contribution >= 4 is 44.8 Å². The van der Waals surface area contributed by atoms with Crippen LogP contribution >= 0.6 is 11.6 Å². The molecule has 11 heteroatoms. The molecule has 1 N–H and O–H groups in total. The SMILES string of the molecule is O=C(Nc1ccc(F)c(S(=O)(=O)N2CCOCC2)c1)c1ccc(Cl)c(N2CCCC2=O)c1. The van der Waals surface area contributed by atoms with E-state index in [9.17, 15) is 22.4 Å². The highest BCUT2D eigenvalue weighted by atomic mass is 35.5. The molecule has 2 fully saturated rings. The van der Waals surface area contributed by atoms with Crippen molar-refractivity contribution in [3.05, 3.63) is 52.8 Å². The Morgan fingerprint density at radius 2 is 1.84 bits per heavy atom. The van der Waals surface area contributed by atoms with E-state index in [0.717, 1.165) is 16.4 Å². The number of carbonyl (C=O) groups excluding carboxylic acids is 2. The van der Waals surface area contributed by atoms with Gasteiger partial charge in [0, 0.05) is 37.3 Å². The van der Waals surface area contributed by atoms with Gasteiger partial charge in [-0.05, 0) is 42.8 Å². The van der Waals surface area contributed by atoms with Crippen molar-refractivity contribution in [2.45, 2.75) is 17.7 Å². The largest absolute Gasteiger partial charge is 0.379 e. The van der Waals surface area contributed by atoms with Crippen molar-refractivity contribution in [1.82, 2.24) is 4.31 Å². The van der Waals surface area contributed by atoms with E-state index >= 15 is 0 Å². The maximum atomic E-state index is 14.4. The summed E-state index contributed by atoms with van der Waals surface area (Å²) in [5.74, 6) is -1.52. The first-order valence-corrected chi connectivity index (χ1v) is 11.9. The molecule has 0 aliphatic carbocycles. The van der Waals surface area contributed by atoms with Crippen LogP contribution in [0.5, 0.6) is 0 Å². The molecule has 0 bridgehead atoms. The van der Waals surface area contributed by atoms with Crippen LogP contribution in [0.15, 0.2) is 41.3 Å². The average Bonchev–Trinajstić information content (AvgIpc) is 3.21. The first-order chi connectivity index (χ1) is 15.3. The van der Waals surface area contributed by atoms with Crippen molar-refractivity contribution in [1.29, 1.82) is 0 Å². The predicted molar refractivity (Wildman–Crippen MR) is 117 cm³/mol. The fraction of sp³-hybridized carbons (Fsp3) is 0.333. The maximum absolute atomic E-state index is 14.4. The van der Waals surface area contributed by atoms with Gasteiger partial charge >= 0.3 is 0 Å². The summed E-state index contributed by atoms with van der Waals surface area (Å²) in [5, 5.41) is 2.93. The number of halogens is 2. The summed E-state index contributed by atoms with van der Waals surface area (Å²) < 4.78 is 46.4. The van der Waals surface area contributed by atoms with Gasteiger partial charge in [-0.25, -0.2) is 12.8 Å². The Hall–Kier alpha value is -2.53. The van der Waals surface area contributed by atoms with E-state index in [2.05, 4.69) is 5.32 Å². The zero-order valence-electron chi connectivity index (χ0n) is 17.0. The molecule has 2 aromatic rings. The van der Waals surface area contributed by atoms with Crippen molar-refractivity contribution in [3.8, 4) is 0 Å². The quantitative estimate of drug-likeness (QED) is 0.708. The van der Waals surface area contributed by atoms with E-state index in [4.69, 9.17) is 16.3 Å². The molecule has 2 aliphatic heterocycles. The van der Waals surface area contributed by atoms with Gasteiger partial charge in [-0.1, -0.05) is 11.6 Å². The average molecular weight is 482 g/mol. The number of carbonyl (C=O) groups is 2. The van der Waals surface area contributed by atoms with Crippen LogP contribution in [0.4, 0.5) is 15.8 Å². The van der Waals surface area contributed by atoms with Crippen LogP contribution in [0.2, 0.25) is 5.02 Å². The highest BCUT2D eigenvalue weighted by molar-refractivity contribution is 7.89. The van der Waals surface area contributed by atoms with Crippen molar-refractivity contribution < 1.29 is 27.1 Å². The third-order valence-corrected chi connectivity index (χ3v) is 7.58. The highest BCUT2D eigenvalue weighted by Crippen LogP contribution is 2.31. The number of rotatable bonds is 5. The molecule has 170 valence electrons. The lowest BCUT2D eigenvalue weighted by molar-refractivity contribution is -0.117. The number of morpholine rings is 1. The maximum Gasteiger partial charge on any atom is 0.255 e. The fourth-order valence-corrected chi connectivity index (χ4v) is 5.39. The highest BCUT2D eigenvalue weighted by Gasteiger charge is 2.29. The normalized spacial score (nSPS) is 17.6. The molecular formula is C21H21ClFN3O5S. The summed E-state index contributed by atoms with van der Waals surface area (Å²) in [5.41, 5.74) is 0.791. The minimum Gasteiger partial charge on any atom is -0.379 e. The van der Waals surface area contributed by atoms with Crippen LogP contribution < -0.4 is 10.2 Å². The molecule has 2 aliphatic rings. The summed E-state index contributed by atoms with van der Waals surface area (Å²) in [4.78, 5) is 25.9. The second kappa shape index (κ2) is 9.14. The van der Waals surface area contributed by atoms with Crippen molar-refractivity contribution in [3.63, 3.8) is 0 Å². The van der Waals surface area contributed by atoms with Crippen LogP contribution in [0, 0.1) is 5.82 Å². The lowest BCUT2D eigenvalue weighted by Crippen LogP contribution is -2.40. The van der Waals surface area contributed by atoms with E-state index in [1.807, 2.05) is 0 Å². The lowest BCUT2D eigenvalue weighted by Gasteiger charge is -2.26. The molecule has 0 atom stereocenters. The van der Waals surface area contributed by atoms with Crippen LogP contribution in [0.1, 0.15) is 23.2 Å². The topological polar surface area (TPSA) is 96.0 Å². The Morgan fingerprint density at radius 1 is 1.09 bits per heavy atom. The van der Waals surface area contributed by atoms with Crippen LogP contribution in [-0.2, 0) is 19.6 Å². The summed E-state index contributed by atoms with van der Waals surface area (Å²) in [6.45, 7) is 1.23. The summed E-state index contributed by atoms with van der Waals surface area (Å²) in [7, 11) is -4.08. The number of hydrogen-bond donors (Lipinski definition) is 1. The molecule has 0 spiro atoms. The number of anilines is 2. The molecular weight excluding hydrogens is 461 g/mol. The van der Waals surface area contributed by atoms with Crippen LogP contribution in [0.3, 0.4) is 0 Å². The number of nitrogens with one attached hydrogen (secondary N) is 1.